The molecule has 0 fully saturated rings. The maximum absolute atomic E-state index is 12.6. The number of aromatic nitrogens is 1. The molecular formula is C20H30N2O5. The third kappa shape index (κ3) is 8.21. The zero-order chi connectivity index (χ0) is 20.1. The van der Waals surface area contributed by atoms with Gasteiger partial charge in [0.15, 0.2) is 0 Å². The number of allylic oxidation sites excluding steroid dienone is 1. The van der Waals surface area contributed by atoms with Gasteiger partial charge in [-0.15, -0.1) is 6.58 Å². The van der Waals surface area contributed by atoms with Crippen LogP contribution < -0.4 is 10.1 Å². The summed E-state index contributed by atoms with van der Waals surface area (Å²) in [5.41, 5.74) is 0.667. The second-order valence-corrected chi connectivity index (χ2v) is 6.16. The van der Waals surface area contributed by atoms with Crippen LogP contribution in [0.5, 0.6) is 5.88 Å². The van der Waals surface area contributed by atoms with Crippen molar-refractivity contribution in [2.24, 2.45) is 5.92 Å². The van der Waals surface area contributed by atoms with Crippen LogP contribution in [0.15, 0.2) is 31.0 Å². The third-order valence-electron chi connectivity index (χ3n) is 4.17. The first-order chi connectivity index (χ1) is 13.0. The van der Waals surface area contributed by atoms with E-state index < -0.39 is 17.9 Å². The van der Waals surface area contributed by atoms with E-state index in [2.05, 4.69) is 16.9 Å². The number of ether oxygens (including phenoxy) is 2. The molecule has 1 heterocycles. The van der Waals surface area contributed by atoms with E-state index in [-0.39, 0.29) is 25.5 Å². The molecule has 1 aromatic rings. The molecule has 150 valence electrons. The van der Waals surface area contributed by atoms with Gasteiger partial charge in [-0.25, -0.2) is 4.98 Å². The largest absolute Gasteiger partial charge is 0.481 e. The van der Waals surface area contributed by atoms with Gasteiger partial charge >= 0.3 is 5.97 Å². The first-order valence-electron chi connectivity index (χ1n) is 9.23. The number of pyridine rings is 1. The molecule has 2 N–H and O–H groups in total. The molecule has 0 aliphatic carbocycles. The zero-order valence-corrected chi connectivity index (χ0v) is 16.1. The van der Waals surface area contributed by atoms with Crippen molar-refractivity contribution in [3.8, 4) is 5.88 Å². The molecule has 27 heavy (non-hydrogen) atoms. The predicted molar refractivity (Wildman–Crippen MR) is 102 cm³/mol. The lowest BCUT2D eigenvalue weighted by Gasteiger charge is -2.22. The van der Waals surface area contributed by atoms with Crippen LogP contribution >= 0.6 is 0 Å². The monoisotopic (exact) mass is 378 g/mol. The molecule has 0 aliphatic rings. The Morgan fingerprint density at radius 3 is 2.70 bits per heavy atom. The summed E-state index contributed by atoms with van der Waals surface area (Å²) in [7, 11) is 1.51. The highest BCUT2D eigenvalue weighted by molar-refractivity contribution is 5.80. The lowest BCUT2D eigenvalue weighted by molar-refractivity contribution is -0.144. The lowest BCUT2D eigenvalue weighted by Crippen LogP contribution is -2.36. The first kappa shape index (κ1) is 22.6. The minimum atomic E-state index is -0.586. The Morgan fingerprint density at radius 1 is 1.37 bits per heavy atom. The molecule has 7 nitrogen and oxygen atoms in total. The summed E-state index contributed by atoms with van der Waals surface area (Å²) in [6.07, 6.45) is 6.56. The van der Waals surface area contributed by atoms with E-state index in [1.54, 1.807) is 25.3 Å². The second-order valence-electron chi connectivity index (χ2n) is 6.16. The van der Waals surface area contributed by atoms with E-state index in [0.717, 1.165) is 19.3 Å². The number of unbranched alkanes of at least 4 members (excludes halogenated alkanes) is 2. The summed E-state index contributed by atoms with van der Waals surface area (Å²) in [4.78, 5) is 28.7. The second kappa shape index (κ2) is 12.9. The van der Waals surface area contributed by atoms with E-state index in [1.165, 1.54) is 7.11 Å². The number of nitrogens with one attached hydrogen (secondary N) is 1. The van der Waals surface area contributed by atoms with Crippen molar-refractivity contribution in [1.29, 1.82) is 0 Å². The number of esters is 1. The predicted octanol–water partition coefficient (Wildman–Crippen LogP) is 2.56. The summed E-state index contributed by atoms with van der Waals surface area (Å²) in [5, 5.41) is 12.4. The van der Waals surface area contributed by atoms with Crippen LogP contribution in [0.1, 0.15) is 50.6 Å². The van der Waals surface area contributed by atoms with E-state index in [4.69, 9.17) is 9.47 Å². The minimum Gasteiger partial charge on any atom is -0.481 e. The van der Waals surface area contributed by atoms with Gasteiger partial charge in [0.2, 0.25) is 11.8 Å². The van der Waals surface area contributed by atoms with Gasteiger partial charge in [-0.1, -0.05) is 18.6 Å². The molecule has 1 amide bonds. The minimum absolute atomic E-state index is 0.0117. The van der Waals surface area contributed by atoms with Gasteiger partial charge < -0.3 is 19.9 Å². The van der Waals surface area contributed by atoms with Crippen LogP contribution in [0.4, 0.5) is 0 Å². The molecule has 0 saturated heterocycles. The molecule has 1 aromatic heterocycles. The average Bonchev–Trinajstić information content (AvgIpc) is 2.67. The Bertz CT molecular complexity index is 589. The molecular weight excluding hydrogens is 348 g/mol. The molecule has 0 spiro atoms. The fourth-order valence-corrected chi connectivity index (χ4v) is 2.63. The summed E-state index contributed by atoms with van der Waals surface area (Å²) >= 11 is 0. The van der Waals surface area contributed by atoms with Crippen molar-refractivity contribution >= 4 is 11.9 Å². The first-order valence-corrected chi connectivity index (χ1v) is 9.23. The van der Waals surface area contributed by atoms with Crippen molar-refractivity contribution in [1.82, 2.24) is 10.3 Å². The zero-order valence-electron chi connectivity index (χ0n) is 16.1. The highest BCUT2D eigenvalue weighted by atomic mass is 16.5. The number of carbonyl (C=O) groups excluding carboxylic acids is 2. The summed E-state index contributed by atoms with van der Waals surface area (Å²) in [6.45, 7) is 5.42. The summed E-state index contributed by atoms with van der Waals surface area (Å²) < 4.78 is 10.0. The molecule has 0 aliphatic heterocycles. The van der Waals surface area contributed by atoms with Crippen LogP contribution in [-0.2, 0) is 14.3 Å². The van der Waals surface area contributed by atoms with Crippen LogP contribution in [0.25, 0.3) is 0 Å². The third-order valence-corrected chi connectivity index (χ3v) is 4.17. The van der Waals surface area contributed by atoms with Gasteiger partial charge in [0.25, 0.3) is 0 Å². The normalized spacial score (nSPS) is 12.7. The average molecular weight is 378 g/mol. The number of amides is 1. The van der Waals surface area contributed by atoms with E-state index in [9.17, 15) is 14.7 Å². The number of rotatable bonds is 13. The Hall–Kier alpha value is -2.41. The van der Waals surface area contributed by atoms with Crippen molar-refractivity contribution in [3.05, 3.63) is 36.5 Å². The number of aliphatic hydroxyl groups excluding tert-OH is 1. The van der Waals surface area contributed by atoms with Crippen LogP contribution in [0.3, 0.4) is 0 Å². The Labute approximate surface area is 160 Å². The summed E-state index contributed by atoms with van der Waals surface area (Å²) in [6, 6.07) is 2.82. The Balaban J connectivity index is 2.82. The molecule has 0 aromatic carbocycles. The smallest absolute Gasteiger partial charge is 0.308 e. The number of carbonyl (C=O) groups is 2. The van der Waals surface area contributed by atoms with Gasteiger partial charge in [0.1, 0.15) is 0 Å². The highest BCUT2D eigenvalue weighted by Gasteiger charge is 2.24. The molecule has 2 atom stereocenters. The Morgan fingerprint density at radius 2 is 2.15 bits per heavy atom. The van der Waals surface area contributed by atoms with E-state index >= 15 is 0 Å². The van der Waals surface area contributed by atoms with Gasteiger partial charge in [0.05, 0.1) is 38.7 Å². The lowest BCUT2D eigenvalue weighted by atomic mass is 9.99. The Kier molecular flexibility index (Phi) is 10.8. The summed E-state index contributed by atoms with van der Waals surface area (Å²) in [5.74, 6) is -0.785. The SMILES string of the molecule is C=CCCCCC(CO)C(=O)N[C@@H](CC(=O)OCC)c1ccc(OC)nc1. The molecule has 7 heteroatoms. The quantitative estimate of drug-likeness (QED) is 0.311. The van der Waals surface area contributed by atoms with Crippen LogP contribution in [-0.4, -0.2) is 42.3 Å². The maximum Gasteiger partial charge on any atom is 0.308 e. The molecule has 0 bridgehead atoms. The van der Waals surface area contributed by atoms with Crippen LogP contribution in [0, 0.1) is 5.92 Å². The van der Waals surface area contributed by atoms with Crippen molar-refractivity contribution < 1.29 is 24.2 Å². The van der Waals surface area contributed by atoms with Crippen molar-refractivity contribution in [2.45, 2.75) is 45.1 Å². The van der Waals surface area contributed by atoms with E-state index in [0.29, 0.717) is 17.9 Å². The standard InChI is InChI=1S/C20H30N2O5/c1-4-6-7-8-9-16(14-23)20(25)22-17(12-19(24)27-5-2)15-10-11-18(26-3)21-13-15/h4,10-11,13,16-17,23H,1,5-9,12,14H2,2-3H3,(H,22,25)/t16?,17-/m0/s1. The molecule has 1 unspecified atom stereocenters. The van der Waals surface area contributed by atoms with E-state index in [1.807, 2.05) is 6.08 Å². The number of hydrogen-bond donors (Lipinski definition) is 2. The van der Waals surface area contributed by atoms with Crippen molar-refractivity contribution in [2.75, 3.05) is 20.3 Å². The van der Waals surface area contributed by atoms with Crippen molar-refractivity contribution in [3.63, 3.8) is 0 Å². The molecule has 0 radical (unpaired) electrons. The maximum atomic E-state index is 12.6. The topological polar surface area (TPSA) is 97.8 Å². The van der Waals surface area contributed by atoms with Crippen LogP contribution in [0.2, 0.25) is 0 Å². The fourth-order valence-electron chi connectivity index (χ4n) is 2.63. The number of aliphatic hydroxyl groups is 1. The molecule has 1 rings (SSSR count). The van der Waals surface area contributed by atoms with Gasteiger partial charge in [-0.05, 0) is 31.7 Å². The fraction of sp³-hybridized carbons (Fsp3) is 0.550. The number of methoxy groups -OCH3 is 1. The number of nitrogens with zero attached hydrogens (tertiary/aromatic N) is 1. The van der Waals surface area contributed by atoms with Gasteiger partial charge in [-0.2, -0.15) is 0 Å². The molecule has 0 saturated carbocycles. The van der Waals surface area contributed by atoms with Gasteiger partial charge in [-0.3, -0.25) is 9.59 Å². The van der Waals surface area contributed by atoms with Gasteiger partial charge in [0, 0.05) is 12.3 Å². The highest BCUT2D eigenvalue weighted by Crippen LogP contribution is 2.20. The number of hydrogen-bond acceptors (Lipinski definition) is 6.